The number of aromatic nitrogens is 2. The summed E-state index contributed by atoms with van der Waals surface area (Å²) in [7, 11) is 0. The molecule has 1 aromatic carbocycles. The Hall–Kier alpha value is -3.21. The van der Waals surface area contributed by atoms with Crippen LogP contribution in [0.5, 0.6) is 0 Å². The predicted octanol–water partition coefficient (Wildman–Crippen LogP) is 2.47. The second kappa shape index (κ2) is 8.03. The molecule has 0 bridgehead atoms. The van der Waals surface area contributed by atoms with Crippen LogP contribution in [0.3, 0.4) is 0 Å². The van der Waals surface area contributed by atoms with E-state index in [4.69, 9.17) is 5.73 Å². The monoisotopic (exact) mass is 397 g/mol. The molecule has 0 saturated carbocycles. The first-order chi connectivity index (χ1) is 13.8. The number of carbonyl (C=O) groups excluding carboxylic acids is 2. The molecular weight excluding hydrogens is 373 g/mol. The fourth-order valence-corrected chi connectivity index (χ4v) is 4.18. The van der Waals surface area contributed by atoms with Crippen LogP contribution in [-0.2, 0) is 16.1 Å². The molecule has 152 valence electrons. The third kappa shape index (κ3) is 3.86. The number of piperidine rings is 1. The summed E-state index contributed by atoms with van der Waals surface area (Å²) in [4.78, 5) is 24.4. The number of aldehydes is 1. The van der Waals surface area contributed by atoms with Crippen molar-refractivity contribution in [3.63, 3.8) is 0 Å². The van der Waals surface area contributed by atoms with Crippen LogP contribution in [0, 0.1) is 36.9 Å². The molecule has 7 nitrogen and oxygen atoms in total. The quantitative estimate of drug-likeness (QED) is 0.781. The van der Waals surface area contributed by atoms with Crippen molar-refractivity contribution in [2.24, 2.45) is 11.7 Å². The minimum absolute atomic E-state index is 0.000443. The van der Waals surface area contributed by atoms with Crippen LogP contribution < -0.4 is 10.6 Å². The highest BCUT2D eigenvalue weighted by atomic mass is 19.1. The number of primary amides is 1. The lowest BCUT2D eigenvalue weighted by molar-refractivity contribution is -0.118. The number of anilines is 1. The number of nitrogens with zero attached hydrogens (tertiary/aromatic N) is 4. The Bertz CT molecular complexity index is 1010. The molecule has 2 aromatic rings. The van der Waals surface area contributed by atoms with Gasteiger partial charge in [0.05, 0.1) is 11.4 Å². The van der Waals surface area contributed by atoms with Crippen LogP contribution in [0.25, 0.3) is 11.1 Å². The molecule has 1 fully saturated rings. The van der Waals surface area contributed by atoms with Crippen molar-refractivity contribution in [2.75, 3.05) is 11.4 Å². The Morgan fingerprint density at radius 2 is 2.17 bits per heavy atom. The van der Waals surface area contributed by atoms with Gasteiger partial charge in [-0.2, -0.15) is 10.4 Å². The summed E-state index contributed by atoms with van der Waals surface area (Å²) in [5.74, 6) is -1.14. The van der Waals surface area contributed by atoms with Crippen molar-refractivity contribution in [3.05, 3.63) is 34.9 Å². The molecule has 0 aliphatic carbocycles. The largest absolute Gasteiger partial charge is 0.368 e. The number of carbonyl (C=O) groups is 2. The lowest BCUT2D eigenvalue weighted by Crippen LogP contribution is -2.41. The summed E-state index contributed by atoms with van der Waals surface area (Å²) in [6.07, 6.45) is 2.30. The molecule has 2 heterocycles. The molecule has 3 rings (SSSR count). The van der Waals surface area contributed by atoms with Gasteiger partial charge < -0.3 is 15.4 Å². The Morgan fingerprint density at radius 3 is 2.76 bits per heavy atom. The molecule has 29 heavy (non-hydrogen) atoms. The summed E-state index contributed by atoms with van der Waals surface area (Å²) in [6, 6.07) is 5.10. The lowest BCUT2D eigenvalue weighted by atomic mass is 9.91. The highest BCUT2D eigenvalue weighted by Gasteiger charge is 2.29. The topological polar surface area (TPSA) is 105 Å². The van der Waals surface area contributed by atoms with Gasteiger partial charge in [-0.3, -0.25) is 9.48 Å². The number of benzene rings is 1. The maximum Gasteiger partial charge on any atom is 0.239 e. The average molecular weight is 397 g/mol. The van der Waals surface area contributed by atoms with E-state index in [0.717, 1.165) is 6.29 Å². The smallest absolute Gasteiger partial charge is 0.239 e. The van der Waals surface area contributed by atoms with Gasteiger partial charge in [-0.25, -0.2) is 4.39 Å². The Kier molecular flexibility index (Phi) is 5.69. The molecule has 2 N–H and O–H groups in total. The van der Waals surface area contributed by atoms with Crippen LogP contribution in [-0.4, -0.2) is 34.6 Å². The van der Waals surface area contributed by atoms with Crippen molar-refractivity contribution in [3.8, 4) is 17.2 Å². The molecular formula is C21H24FN5O2. The number of rotatable bonds is 5. The zero-order chi connectivity index (χ0) is 21.3. The van der Waals surface area contributed by atoms with Gasteiger partial charge in [-0.05, 0) is 51.3 Å². The number of hydrogen-bond donors (Lipinski definition) is 1. The van der Waals surface area contributed by atoms with Crippen molar-refractivity contribution >= 4 is 17.9 Å². The molecule has 1 saturated heterocycles. The Labute approximate surface area is 168 Å². The average Bonchev–Trinajstić information content (AvgIpc) is 2.93. The number of aryl methyl sites for hydroxylation is 1. The number of nitriles is 1. The summed E-state index contributed by atoms with van der Waals surface area (Å²) < 4.78 is 16.4. The van der Waals surface area contributed by atoms with E-state index in [1.807, 2.05) is 17.9 Å². The van der Waals surface area contributed by atoms with Crippen LogP contribution in [0.2, 0.25) is 0 Å². The second-order valence-electron chi connectivity index (χ2n) is 7.60. The van der Waals surface area contributed by atoms with E-state index in [-0.39, 0.29) is 24.1 Å². The van der Waals surface area contributed by atoms with Crippen LogP contribution >= 0.6 is 0 Å². The van der Waals surface area contributed by atoms with Gasteiger partial charge in [0.1, 0.15) is 30.3 Å². The molecule has 1 amide bonds. The SMILES string of the molecule is Cc1nn(CC(N)=O)c(C)c1-c1cc(F)c(C#N)c(N2CCC(C=O)CC2C)c1. The number of halogens is 1. The van der Waals surface area contributed by atoms with Crippen molar-refractivity contribution in [2.45, 2.75) is 46.2 Å². The molecule has 1 aliphatic heterocycles. The summed E-state index contributed by atoms with van der Waals surface area (Å²) in [5, 5.41) is 13.9. The lowest BCUT2D eigenvalue weighted by Gasteiger charge is -2.38. The van der Waals surface area contributed by atoms with Gasteiger partial charge in [-0.1, -0.05) is 0 Å². The fourth-order valence-electron chi connectivity index (χ4n) is 4.18. The summed E-state index contributed by atoms with van der Waals surface area (Å²) in [6.45, 7) is 6.07. The van der Waals surface area contributed by atoms with Crippen LogP contribution in [0.1, 0.15) is 36.7 Å². The zero-order valence-electron chi connectivity index (χ0n) is 16.8. The van der Waals surface area contributed by atoms with E-state index >= 15 is 0 Å². The van der Waals surface area contributed by atoms with Gasteiger partial charge in [-0.15, -0.1) is 0 Å². The second-order valence-corrected chi connectivity index (χ2v) is 7.60. The third-order valence-corrected chi connectivity index (χ3v) is 5.58. The summed E-state index contributed by atoms with van der Waals surface area (Å²) >= 11 is 0. The predicted molar refractivity (Wildman–Crippen MR) is 107 cm³/mol. The number of nitrogens with two attached hydrogens (primary N) is 1. The first-order valence-corrected chi connectivity index (χ1v) is 9.55. The van der Waals surface area contributed by atoms with Crippen LogP contribution in [0.15, 0.2) is 12.1 Å². The van der Waals surface area contributed by atoms with Gasteiger partial charge in [0.2, 0.25) is 5.91 Å². The van der Waals surface area contributed by atoms with E-state index in [1.165, 1.54) is 10.7 Å². The van der Waals surface area contributed by atoms with Crippen molar-refractivity contribution in [1.29, 1.82) is 5.26 Å². The maximum atomic E-state index is 14.9. The van der Waals surface area contributed by atoms with Gasteiger partial charge >= 0.3 is 0 Å². The Morgan fingerprint density at radius 1 is 1.45 bits per heavy atom. The van der Waals surface area contributed by atoms with E-state index in [1.54, 1.807) is 19.9 Å². The van der Waals surface area contributed by atoms with Crippen molar-refractivity contribution < 1.29 is 14.0 Å². The van der Waals surface area contributed by atoms with Gasteiger partial charge in [0.25, 0.3) is 0 Å². The molecule has 2 unspecified atom stereocenters. The van der Waals surface area contributed by atoms with E-state index in [0.29, 0.717) is 47.6 Å². The fraction of sp³-hybridized carbons (Fsp3) is 0.429. The van der Waals surface area contributed by atoms with E-state index in [2.05, 4.69) is 5.10 Å². The number of hydrogen-bond acceptors (Lipinski definition) is 5. The normalized spacial score (nSPS) is 19.1. The first kappa shape index (κ1) is 20.5. The van der Waals surface area contributed by atoms with Crippen molar-refractivity contribution in [1.82, 2.24) is 9.78 Å². The molecule has 8 heteroatoms. The zero-order valence-corrected chi connectivity index (χ0v) is 16.8. The molecule has 1 aliphatic rings. The van der Waals surface area contributed by atoms with E-state index in [9.17, 15) is 19.2 Å². The molecule has 2 atom stereocenters. The van der Waals surface area contributed by atoms with Gasteiger partial charge in [0, 0.05) is 29.8 Å². The maximum absolute atomic E-state index is 14.9. The minimum Gasteiger partial charge on any atom is -0.368 e. The molecule has 0 radical (unpaired) electrons. The molecule has 0 spiro atoms. The minimum atomic E-state index is -0.605. The Balaban J connectivity index is 2.10. The first-order valence-electron chi connectivity index (χ1n) is 9.55. The van der Waals surface area contributed by atoms with E-state index < -0.39 is 11.7 Å². The number of amides is 1. The molecule has 1 aromatic heterocycles. The van der Waals surface area contributed by atoms with Gasteiger partial charge in [0.15, 0.2) is 0 Å². The third-order valence-electron chi connectivity index (χ3n) is 5.58. The highest BCUT2D eigenvalue weighted by molar-refractivity contribution is 5.77. The van der Waals surface area contributed by atoms with Crippen LogP contribution in [0.4, 0.5) is 10.1 Å². The highest BCUT2D eigenvalue weighted by Crippen LogP contribution is 2.36. The summed E-state index contributed by atoms with van der Waals surface area (Å²) in [5.41, 5.74) is 8.44. The standard InChI is InChI=1S/C21H24FN5O2/c1-12-6-15(11-28)4-5-26(12)19-8-16(7-18(22)17(19)9-23)21-13(2)25-27(14(21)3)10-20(24)29/h7-8,11-12,15H,4-6,10H2,1-3H3,(H2,24,29).